The van der Waals surface area contributed by atoms with Crippen LogP contribution in [0.2, 0.25) is 0 Å². The smallest absolute Gasteiger partial charge is 0.225 e. The molecule has 4 heteroatoms. The van der Waals surface area contributed by atoms with E-state index in [-0.39, 0.29) is 5.78 Å². The van der Waals surface area contributed by atoms with Crippen LogP contribution in [0.25, 0.3) is 0 Å². The van der Waals surface area contributed by atoms with Gasteiger partial charge >= 0.3 is 0 Å². The number of hydrogen-bond acceptors (Lipinski definition) is 3. The van der Waals surface area contributed by atoms with Crippen molar-refractivity contribution in [3.05, 3.63) is 0 Å². The van der Waals surface area contributed by atoms with Gasteiger partial charge in [-0.3, -0.25) is 14.5 Å². The predicted molar refractivity (Wildman–Crippen MR) is 61.0 cm³/mol. The molecule has 2 aliphatic rings. The molecule has 1 aliphatic heterocycles. The van der Waals surface area contributed by atoms with Crippen molar-refractivity contribution < 1.29 is 9.59 Å². The lowest BCUT2D eigenvalue weighted by Crippen LogP contribution is -2.51. The first kappa shape index (κ1) is 11.6. The summed E-state index contributed by atoms with van der Waals surface area (Å²) in [4.78, 5) is 27.0. The van der Waals surface area contributed by atoms with Crippen molar-refractivity contribution in [2.45, 2.75) is 26.2 Å². The van der Waals surface area contributed by atoms with Gasteiger partial charge in [0.1, 0.15) is 5.78 Å². The molecule has 0 unspecified atom stereocenters. The molecule has 0 spiro atoms. The highest BCUT2D eigenvalue weighted by molar-refractivity contribution is 5.80. The average Bonchev–Trinajstić information content (AvgIpc) is 2.15. The number of hydrogen-bond donors (Lipinski definition) is 0. The molecule has 0 aromatic rings. The van der Waals surface area contributed by atoms with E-state index in [2.05, 4.69) is 4.90 Å². The van der Waals surface area contributed by atoms with Gasteiger partial charge in [0.15, 0.2) is 0 Å². The first-order chi connectivity index (χ1) is 7.66. The number of ketones is 1. The van der Waals surface area contributed by atoms with Crippen LogP contribution in [0.5, 0.6) is 0 Å². The molecule has 0 N–H and O–H groups in total. The summed E-state index contributed by atoms with van der Waals surface area (Å²) in [6, 6.07) is 0. The minimum Gasteiger partial charge on any atom is -0.340 e. The Labute approximate surface area is 96.6 Å². The molecule has 1 heterocycles. The number of rotatable bonds is 3. The summed E-state index contributed by atoms with van der Waals surface area (Å²) < 4.78 is 0. The van der Waals surface area contributed by atoms with E-state index in [0.29, 0.717) is 18.4 Å². The second-order valence-corrected chi connectivity index (χ2v) is 4.93. The van der Waals surface area contributed by atoms with E-state index in [9.17, 15) is 9.59 Å². The maximum atomic E-state index is 11.9. The maximum absolute atomic E-state index is 11.9. The number of amides is 1. The van der Waals surface area contributed by atoms with Crippen molar-refractivity contribution in [2.75, 3.05) is 32.7 Å². The zero-order valence-corrected chi connectivity index (χ0v) is 9.95. The highest BCUT2D eigenvalue weighted by Gasteiger charge is 2.31. The zero-order valence-electron chi connectivity index (χ0n) is 9.95. The third-order valence-corrected chi connectivity index (χ3v) is 3.58. The Morgan fingerprint density at radius 2 is 1.75 bits per heavy atom. The molecule has 4 nitrogen and oxygen atoms in total. The minimum atomic E-state index is 0.207. The second-order valence-electron chi connectivity index (χ2n) is 4.93. The molecular weight excluding hydrogens is 204 g/mol. The Morgan fingerprint density at radius 3 is 2.19 bits per heavy atom. The van der Waals surface area contributed by atoms with E-state index >= 15 is 0 Å². The van der Waals surface area contributed by atoms with Crippen molar-refractivity contribution in [2.24, 2.45) is 5.92 Å². The number of carbonyl (C=O) groups is 2. The van der Waals surface area contributed by atoms with E-state index in [1.165, 1.54) is 6.42 Å². The topological polar surface area (TPSA) is 40.6 Å². The molecule has 0 aromatic carbocycles. The molecule has 1 amide bonds. The van der Waals surface area contributed by atoms with E-state index in [1.54, 1.807) is 6.92 Å². The van der Waals surface area contributed by atoms with Crippen LogP contribution in [-0.2, 0) is 9.59 Å². The lowest BCUT2D eigenvalue weighted by atomic mass is 9.84. The monoisotopic (exact) mass is 224 g/mol. The van der Waals surface area contributed by atoms with Gasteiger partial charge in [0.25, 0.3) is 0 Å². The minimum absolute atomic E-state index is 0.207. The van der Waals surface area contributed by atoms with Crippen LogP contribution < -0.4 is 0 Å². The van der Waals surface area contributed by atoms with Gasteiger partial charge in [-0.15, -0.1) is 0 Å². The molecule has 16 heavy (non-hydrogen) atoms. The Hall–Kier alpha value is -0.900. The molecule has 0 aromatic heterocycles. The highest BCUT2D eigenvalue weighted by atomic mass is 16.2. The van der Waals surface area contributed by atoms with Crippen LogP contribution in [0.4, 0.5) is 0 Å². The Balaban J connectivity index is 1.76. The van der Waals surface area contributed by atoms with Gasteiger partial charge in [0.2, 0.25) is 5.91 Å². The number of Topliss-reactive ketones (excluding diaryl/α,β-unsaturated/α-hetero) is 1. The largest absolute Gasteiger partial charge is 0.340 e. The van der Waals surface area contributed by atoms with Gasteiger partial charge in [-0.2, -0.15) is 0 Å². The first-order valence-corrected chi connectivity index (χ1v) is 6.17. The lowest BCUT2D eigenvalue weighted by Gasteiger charge is -2.37. The van der Waals surface area contributed by atoms with Crippen LogP contribution in [0.15, 0.2) is 0 Å². The van der Waals surface area contributed by atoms with Crippen molar-refractivity contribution in [3.63, 3.8) is 0 Å². The molecule has 0 bridgehead atoms. The third-order valence-electron chi connectivity index (χ3n) is 3.58. The van der Waals surface area contributed by atoms with E-state index < -0.39 is 0 Å². The molecule has 2 rings (SSSR count). The summed E-state index contributed by atoms with van der Waals surface area (Å²) in [6.07, 6.45) is 3.36. The van der Waals surface area contributed by atoms with Gasteiger partial charge in [-0.1, -0.05) is 6.42 Å². The third kappa shape index (κ3) is 2.61. The summed E-state index contributed by atoms with van der Waals surface area (Å²) in [5.74, 6) is 0.854. The molecular formula is C12H20N2O2. The van der Waals surface area contributed by atoms with Crippen molar-refractivity contribution in [3.8, 4) is 0 Å². The Kier molecular flexibility index (Phi) is 3.59. The summed E-state index contributed by atoms with van der Waals surface area (Å²) in [7, 11) is 0. The van der Waals surface area contributed by atoms with Crippen molar-refractivity contribution in [1.82, 2.24) is 9.80 Å². The van der Waals surface area contributed by atoms with Crippen LogP contribution in [0, 0.1) is 5.92 Å². The van der Waals surface area contributed by atoms with Gasteiger partial charge in [-0.25, -0.2) is 0 Å². The zero-order chi connectivity index (χ0) is 11.5. The van der Waals surface area contributed by atoms with Crippen molar-refractivity contribution in [1.29, 1.82) is 0 Å². The molecule has 1 aliphatic carbocycles. The normalized spacial score (nSPS) is 22.9. The van der Waals surface area contributed by atoms with Crippen LogP contribution >= 0.6 is 0 Å². The fourth-order valence-corrected chi connectivity index (χ4v) is 2.35. The van der Waals surface area contributed by atoms with E-state index in [1.807, 2.05) is 4.90 Å². The van der Waals surface area contributed by atoms with Gasteiger partial charge in [0.05, 0.1) is 6.54 Å². The SMILES string of the molecule is CC(=O)CN1CCN(C(=O)C2CCC2)CC1. The molecule has 0 radical (unpaired) electrons. The molecule has 2 fully saturated rings. The molecule has 1 saturated carbocycles. The number of piperazine rings is 1. The van der Waals surface area contributed by atoms with Gasteiger partial charge < -0.3 is 4.90 Å². The predicted octanol–water partition coefficient (Wildman–Crippen LogP) is 0.520. The maximum Gasteiger partial charge on any atom is 0.225 e. The van der Waals surface area contributed by atoms with E-state index in [4.69, 9.17) is 0 Å². The second kappa shape index (κ2) is 4.95. The number of nitrogens with zero attached hydrogens (tertiary/aromatic N) is 2. The first-order valence-electron chi connectivity index (χ1n) is 6.17. The summed E-state index contributed by atoms with van der Waals surface area (Å²) >= 11 is 0. The van der Waals surface area contributed by atoms with Crippen LogP contribution in [0.1, 0.15) is 26.2 Å². The molecule has 90 valence electrons. The van der Waals surface area contributed by atoms with Crippen LogP contribution in [0.3, 0.4) is 0 Å². The van der Waals surface area contributed by atoms with Crippen molar-refractivity contribution >= 4 is 11.7 Å². The van der Waals surface area contributed by atoms with Gasteiger partial charge in [0, 0.05) is 32.1 Å². The fourth-order valence-electron chi connectivity index (χ4n) is 2.35. The highest BCUT2D eigenvalue weighted by Crippen LogP contribution is 2.28. The molecule has 0 atom stereocenters. The van der Waals surface area contributed by atoms with Crippen LogP contribution in [-0.4, -0.2) is 54.2 Å². The summed E-state index contributed by atoms with van der Waals surface area (Å²) in [5, 5.41) is 0. The lowest BCUT2D eigenvalue weighted by molar-refractivity contribution is -0.140. The Bertz CT molecular complexity index is 279. The number of carbonyl (C=O) groups excluding carboxylic acids is 2. The average molecular weight is 224 g/mol. The van der Waals surface area contributed by atoms with Gasteiger partial charge in [-0.05, 0) is 19.8 Å². The summed E-state index contributed by atoms with van der Waals surface area (Å²) in [5.41, 5.74) is 0. The summed E-state index contributed by atoms with van der Waals surface area (Å²) in [6.45, 7) is 5.43. The fraction of sp³-hybridized carbons (Fsp3) is 0.833. The molecule has 1 saturated heterocycles. The standard InChI is InChI=1S/C12H20N2O2/c1-10(15)9-13-5-7-14(8-6-13)12(16)11-3-2-4-11/h11H,2-9H2,1H3. The quantitative estimate of drug-likeness (QED) is 0.701. The van der Waals surface area contributed by atoms with E-state index in [0.717, 1.165) is 39.0 Å². The Morgan fingerprint density at radius 1 is 1.12 bits per heavy atom.